The summed E-state index contributed by atoms with van der Waals surface area (Å²) in [4.78, 5) is 23.6. The van der Waals surface area contributed by atoms with Gasteiger partial charge in [-0.05, 0) is 42.8 Å². The third kappa shape index (κ3) is 4.72. The second-order valence-electron chi connectivity index (χ2n) is 4.71. The van der Waals surface area contributed by atoms with Crippen molar-refractivity contribution >= 4 is 23.5 Å². The van der Waals surface area contributed by atoms with Crippen molar-refractivity contribution in [3.8, 4) is 11.5 Å². The van der Waals surface area contributed by atoms with E-state index < -0.39 is 11.9 Å². The molecule has 0 aliphatic carbocycles. The van der Waals surface area contributed by atoms with E-state index in [4.69, 9.17) is 21.1 Å². The van der Waals surface area contributed by atoms with Crippen LogP contribution in [0.4, 0.5) is 0 Å². The van der Waals surface area contributed by atoms with Crippen LogP contribution in [0, 0.1) is 6.92 Å². The van der Waals surface area contributed by atoms with Gasteiger partial charge in [-0.2, -0.15) is 0 Å². The van der Waals surface area contributed by atoms with Crippen LogP contribution in [-0.4, -0.2) is 25.7 Å². The third-order valence-corrected chi connectivity index (χ3v) is 3.15. The van der Waals surface area contributed by atoms with E-state index >= 15 is 0 Å². The molecule has 120 valence electrons. The Balaban J connectivity index is 2.04. The first kappa shape index (κ1) is 16.8. The second kappa shape index (κ2) is 7.65. The van der Waals surface area contributed by atoms with Crippen LogP contribution in [0.2, 0.25) is 5.02 Å². The van der Waals surface area contributed by atoms with Crippen LogP contribution >= 0.6 is 11.6 Å². The van der Waals surface area contributed by atoms with Crippen LogP contribution in [0.25, 0.3) is 0 Å². The van der Waals surface area contributed by atoms with Crippen molar-refractivity contribution in [2.24, 2.45) is 0 Å². The van der Waals surface area contributed by atoms with Gasteiger partial charge in [-0.15, -0.1) is 0 Å². The fraction of sp³-hybridized carbons (Fsp3) is 0.176. The monoisotopic (exact) mass is 334 g/mol. The van der Waals surface area contributed by atoms with E-state index in [0.29, 0.717) is 10.8 Å². The Labute approximate surface area is 138 Å². The Hall–Kier alpha value is -2.53. The van der Waals surface area contributed by atoms with Gasteiger partial charge in [-0.3, -0.25) is 0 Å². The van der Waals surface area contributed by atoms with Gasteiger partial charge in [0.25, 0.3) is 0 Å². The highest BCUT2D eigenvalue weighted by Gasteiger charge is 2.17. The predicted octanol–water partition coefficient (Wildman–Crippen LogP) is 3.42. The smallest absolute Gasteiger partial charge is 0.349 e. The highest BCUT2D eigenvalue weighted by Crippen LogP contribution is 2.24. The van der Waals surface area contributed by atoms with Crippen molar-refractivity contribution in [2.45, 2.75) is 6.92 Å². The van der Waals surface area contributed by atoms with Crippen LogP contribution in [0.5, 0.6) is 11.5 Å². The maximum atomic E-state index is 11.9. The molecule has 0 amide bonds. The number of rotatable bonds is 5. The summed E-state index contributed by atoms with van der Waals surface area (Å²) in [5.41, 5.74) is 1.09. The normalized spacial score (nSPS) is 10.0. The molecule has 0 aromatic heterocycles. The first-order chi connectivity index (χ1) is 11.0. The van der Waals surface area contributed by atoms with Crippen LogP contribution in [0.3, 0.4) is 0 Å². The van der Waals surface area contributed by atoms with Gasteiger partial charge in [-0.25, -0.2) is 9.59 Å². The van der Waals surface area contributed by atoms with Crippen molar-refractivity contribution in [3.63, 3.8) is 0 Å². The number of carbonyl (C=O) groups is 2. The molecule has 2 aromatic carbocycles. The fourth-order valence-corrected chi connectivity index (χ4v) is 2.03. The van der Waals surface area contributed by atoms with Gasteiger partial charge in [-0.1, -0.05) is 23.7 Å². The molecule has 0 N–H and O–H groups in total. The number of benzene rings is 2. The lowest BCUT2D eigenvalue weighted by molar-refractivity contribution is -0.136. The molecular weight excluding hydrogens is 320 g/mol. The second-order valence-corrected chi connectivity index (χ2v) is 5.15. The molecule has 5 nitrogen and oxygen atoms in total. The molecule has 0 saturated heterocycles. The molecule has 0 fully saturated rings. The first-order valence-electron chi connectivity index (χ1n) is 6.77. The van der Waals surface area contributed by atoms with Crippen molar-refractivity contribution in [3.05, 3.63) is 58.6 Å². The molecule has 0 radical (unpaired) electrons. The third-order valence-electron chi connectivity index (χ3n) is 2.92. The van der Waals surface area contributed by atoms with Gasteiger partial charge >= 0.3 is 11.9 Å². The quantitative estimate of drug-likeness (QED) is 0.619. The fourth-order valence-electron chi connectivity index (χ4n) is 1.86. The Morgan fingerprint density at radius 3 is 2.61 bits per heavy atom. The van der Waals surface area contributed by atoms with Crippen molar-refractivity contribution in [1.82, 2.24) is 0 Å². The van der Waals surface area contributed by atoms with Crippen molar-refractivity contribution in [2.75, 3.05) is 13.7 Å². The number of hydrogen-bond donors (Lipinski definition) is 0. The number of halogens is 1. The lowest BCUT2D eigenvalue weighted by Gasteiger charge is -2.10. The van der Waals surface area contributed by atoms with E-state index in [1.165, 1.54) is 25.3 Å². The van der Waals surface area contributed by atoms with Gasteiger partial charge < -0.3 is 14.2 Å². The van der Waals surface area contributed by atoms with Gasteiger partial charge in [0, 0.05) is 5.02 Å². The van der Waals surface area contributed by atoms with Gasteiger partial charge in [0.15, 0.2) is 6.61 Å². The van der Waals surface area contributed by atoms with Gasteiger partial charge in [0.2, 0.25) is 0 Å². The molecule has 0 saturated carbocycles. The summed E-state index contributed by atoms with van der Waals surface area (Å²) in [6, 6.07) is 11.6. The summed E-state index contributed by atoms with van der Waals surface area (Å²) in [6.07, 6.45) is 0. The Morgan fingerprint density at radius 2 is 1.91 bits per heavy atom. The molecule has 0 heterocycles. The molecule has 2 rings (SSSR count). The minimum atomic E-state index is -0.644. The Bertz CT molecular complexity index is 727. The van der Waals surface area contributed by atoms with E-state index in [0.717, 1.165) is 5.56 Å². The maximum absolute atomic E-state index is 11.9. The number of ether oxygens (including phenoxy) is 3. The van der Waals surface area contributed by atoms with Crippen LogP contribution in [0.1, 0.15) is 15.9 Å². The zero-order valence-electron chi connectivity index (χ0n) is 12.7. The lowest BCUT2D eigenvalue weighted by atomic mass is 10.2. The van der Waals surface area contributed by atoms with E-state index in [1.54, 1.807) is 12.1 Å². The standard InChI is InChI=1S/C17H15ClO5/c1-11-4-3-5-13(8-11)22-10-16(19)23-15-7-6-12(18)9-14(15)17(20)21-2/h3-9H,10H2,1-2H3. The summed E-state index contributed by atoms with van der Waals surface area (Å²) >= 11 is 5.84. The van der Waals surface area contributed by atoms with Crippen molar-refractivity contribution < 1.29 is 23.8 Å². The highest BCUT2D eigenvalue weighted by molar-refractivity contribution is 6.31. The van der Waals surface area contributed by atoms with E-state index in [2.05, 4.69) is 4.74 Å². The maximum Gasteiger partial charge on any atom is 0.349 e. The minimum Gasteiger partial charge on any atom is -0.482 e. The van der Waals surface area contributed by atoms with Crippen molar-refractivity contribution in [1.29, 1.82) is 0 Å². The van der Waals surface area contributed by atoms with E-state index in [1.807, 2.05) is 19.1 Å². The number of esters is 2. The average Bonchev–Trinajstić information content (AvgIpc) is 2.54. The summed E-state index contributed by atoms with van der Waals surface area (Å²) in [5.74, 6) is -0.653. The topological polar surface area (TPSA) is 61.8 Å². The molecule has 2 aromatic rings. The zero-order chi connectivity index (χ0) is 16.8. The number of hydrogen-bond acceptors (Lipinski definition) is 5. The largest absolute Gasteiger partial charge is 0.482 e. The molecule has 6 heteroatoms. The number of aryl methyl sites for hydroxylation is 1. The summed E-state index contributed by atoms with van der Waals surface area (Å²) < 4.78 is 15.1. The van der Waals surface area contributed by atoms with E-state index in [9.17, 15) is 9.59 Å². The average molecular weight is 335 g/mol. The molecule has 0 unspecified atom stereocenters. The minimum absolute atomic E-state index is 0.0686. The molecule has 23 heavy (non-hydrogen) atoms. The first-order valence-corrected chi connectivity index (χ1v) is 7.15. The Morgan fingerprint density at radius 1 is 1.13 bits per heavy atom. The van der Waals surface area contributed by atoms with Crippen LogP contribution in [-0.2, 0) is 9.53 Å². The number of methoxy groups -OCH3 is 1. The molecule has 0 aliphatic rings. The summed E-state index contributed by atoms with van der Waals surface area (Å²) in [5, 5.41) is 0.334. The van der Waals surface area contributed by atoms with E-state index in [-0.39, 0.29) is 17.9 Å². The molecule has 0 aliphatic heterocycles. The van der Waals surface area contributed by atoms with Crippen LogP contribution in [0.15, 0.2) is 42.5 Å². The number of carbonyl (C=O) groups excluding carboxylic acids is 2. The summed E-state index contributed by atoms with van der Waals surface area (Å²) in [6.45, 7) is 1.63. The molecule has 0 spiro atoms. The van der Waals surface area contributed by atoms with Gasteiger partial charge in [0.05, 0.1) is 7.11 Å². The van der Waals surface area contributed by atoms with Crippen LogP contribution < -0.4 is 9.47 Å². The molecular formula is C17H15ClO5. The molecule has 0 atom stereocenters. The zero-order valence-corrected chi connectivity index (χ0v) is 13.4. The van der Waals surface area contributed by atoms with Gasteiger partial charge in [0.1, 0.15) is 17.1 Å². The highest BCUT2D eigenvalue weighted by atomic mass is 35.5. The predicted molar refractivity (Wildman–Crippen MR) is 85.1 cm³/mol. The lowest BCUT2D eigenvalue weighted by Crippen LogP contribution is -2.19. The SMILES string of the molecule is COC(=O)c1cc(Cl)ccc1OC(=O)COc1cccc(C)c1. The Kier molecular flexibility index (Phi) is 5.60. The molecule has 0 bridgehead atoms. The summed E-state index contributed by atoms with van der Waals surface area (Å²) in [7, 11) is 1.23.